The fourth-order valence-electron chi connectivity index (χ4n) is 2.68. The number of amides is 2. The van der Waals surface area contributed by atoms with Crippen LogP contribution in [0.5, 0.6) is 0 Å². The Morgan fingerprint density at radius 2 is 2.08 bits per heavy atom. The second-order valence-corrected chi connectivity index (χ2v) is 6.01. The lowest BCUT2D eigenvalue weighted by Crippen LogP contribution is -2.41. The number of hydrogen-bond acceptors (Lipinski definition) is 4. The largest absolute Gasteiger partial charge is 0.466 e. The van der Waals surface area contributed by atoms with Crippen molar-refractivity contribution in [3.8, 4) is 0 Å². The second kappa shape index (κ2) is 7.33. The van der Waals surface area contributed by atoms with Gasteiger partial charge < -0.3 is 14.6 Å². The van der Waals surface area contributed by atoms with Crippen molar-refractivity contribution in [1.29, 1.82) is 0 Å². The molecule has 0 aromatic carbocycles. The summed E-state index contributed by atoms with van der Waals surface area (Å²) in [5.74, 6) is 1.21. The minimum atomic E-state index is -0.450. The molecule has 2 amide bonds. The number of aromatic nitrogens is 2. The molecule has 0 saturated carbocycles. The lowest BCUT2D eigenvalue weighted by atomic mass is 10.1. The van der Waals surface area contributed by atoms with Gasteiger partial charge in [-0.05, 0) is 39.8 Å². The van der Waals surface area contributed by atoms with Crippen LogP contribution >= 0.6 is 0 Å². The van der Waals surface area contributed by atoms with E-state index in [4.69, 9.17) is 4.42 Å². The average Bonchev–Trinajstić information content (AvgIpc) is 3.14. The number of likely N-dealkylation sites (N-methyl/N-ethyl adjacent to an activating group) is 1. The molecule has 0 aliphatic carbocycles. The standard InChI is InChI=1S/C17H24N4O3/c1-11-9-15(14(4)24-11)12(2)19-16(22)10-20(5)17(23)13(3)21-8-6-7-18-21/h6-9,12-13H,10H2,1-5H3,(H,19,22). The molecule has 2 atom stereocenters. The van der Waals surface area contributed by atoms with Crippen molar-refractivity contribution in [2.45, 2.75) is 39.8 Å². The van der Waals surface area contributed by atoms with Gasteiger partial charge in [0.1, 0.15) is 17.6 Å². The van der Waals surface area contributed by atoms with Crippen molar-refractivity contribution in [3.63, 3.8) is 0 Å². The molecule has 0 aliphatic rings. The predicted octanol–water partition coefficient (Wildman–Crippen LogP) is 1.99. The molecule has 0 spiro atoms. The third-order valence-electron chi connectivity index (χ3n) is 3.96. The first kappa shape index (κ1) is 17.8. The van der Waals surface area contributed by atoms with E-state index >= 15 is 0 Å². The molecular weight excluding hydrogens is 308 g/mol. The van der Waals surface area contributed by atoms with Crippen LogP contribution in [0.1, 0.15) is 43.0 Å². The number of rotatable bonds is 6. The third kappa shape index (κ3) is 4.04. The van der Waals surface area contributed by atoms with E-state index in [0.29, 0.717) is 0 Å². The van der Waals surface area contributed by atoms with Gasteiger partial charge in [0.15, 0.2) is 0 Å². The summed E-state index contributed by atoms with van der Waals surface area (Å²) < 4.78 is 7.05. The molecule has 2 unspecified atom stereocenters. The zero-order valence-electron chi connectivity index (χ0n) is 14.7. The quantitative estimate of drug-likeness (QED) is 0.877. The lowest BCUT2D eigenvalue weighted by molar-refractivity contribution is -0.137. The van der Waals surface area contributed by atoms with Crippen LogP contribution < -0.4 is 5.32 Å². The van der Waals surface area contributed by atoms with Crippen LogP contribution in [-0.4, -0.2) is 40.1 Å². The zero-order valence-corrected chi connectivity index (χ0v) is 14.7. The van der Waals surface area contributed by atoms with Crippen LogP contribution in [0.25, 0.3) is 0 Å². The fraction of sp³-hybridized carbons (Fsp3) is 0.471. The van der Waals surface area contributed by atoms with Crippen LogP contribution in [0.15, 0.2) is 28.9 Å². The maximum Gasteiger partial charge on any atom is 0.247 e. The SMILES string of the molecule is Cc1cc(C(C)NC(=O)CN(C)C(=O)C(C)n2cccn2)c(C)o1. The van der Waals surface area contributed by atoms with Crippen LogP contribution in [0, 0.1) is 13.8 Å². The van der Waals surface area contributed by atoms with E-state index in [1.165, 1.54) is 4.90 Å². The highest BCUT2D eigenvalue weighted by Gasteiger charge is 2.22. The molecular formula is C17H24N4O3. The summed E-state index contributed by atoms with van der Waals surface area (Å²) in [6.45, 7) is 7.37. The number of hydrogen-bond donors (Lipinski definition) is 1. The molecule has 0 aliphatic heterocycles. The maximum absolute atomic E-state index is 12.4. The fourth-order valence-corrected chi connectivity index (χ4v) is 2.68. The number of aryl methyl sites for hydroxylation is 2. The Bertz CT molecular complexity index is 705. The van der Waals surface area contributed by atoms with Gasteiger partial charge in [-0.25, -0.2) is 0 Å². The molecule has 0 fully saturated rings. The zero-order chi connectivity index (χ0) is 17.9. The van der Waals surface area contributed by atoms with Crippen molar-refractivity contribution in [3.05, 3.63) is 41.6 Å². The Morgan fingerprint density at radius 1 is 1.38 bits per heavy atom. The van der Waals surface area contributed by atoms with Gasteiger partial charge >= 0.3 is 0 Å². The Kier molecular flexibility index (Phi) is 5.43. The van der Waals surface area contributed by atoms with E-state index in [1.54, 1.807) is 37.1 Å². The first-order valence-electron chi connectivity index (χ1n) is 7.90. The Balaban J connectivity index is 1.91. The monoisotopic (exact) mass is 332 g/mol. The van der Waals surface area contributed by atoms with Crippen molar-refractivity contribution < 1.29 is 14.0 Å². The number of carbonyl (C=O) groups excluding carboxylic acids is 2. The normalized spacial score (nSPS) is 13.4. The van der Waals surface area contributed by atoms with Gasteiger partial charge in [-0.1, -0.05) is 0 Å². The molecule has 24 heavy (non-hydrogen) atoms. The van der Waals surface area contributed by atoms with Gasteiger partial charge in [-0.15, -0.1) is 0 Å². The van der Waals surface area contributed by atoms with E-state index in [2.05, 4.69) is 10.4 Å². The highest BCUT2D eigenvalue weighted by Crippen LogP contribution is 2.21. The highest BCUT2D eigenvalue weighted by atomic mass is 16.3. The highest BCUT2D eigenvalue weighted by molar-refractivity contribution is 5.86. The van der Waals surface area contributed by atoms with E-state index < -0.39 is 6.04 Å². The summed E-state index contributed by atoms with van der Waals surface area (Å²) in [6, 6.07) is 3.04. The number of nitrogens with zero attached hydrogens (tertiary/aromatic N) is 3. The van der Waals surface area contributed by atoms with Crippen LogP contribution in [0.2, 0.25) is 0 Å². The van der Waals surface area contributed by atoms with E-state index in [-0.39, 0.29) is 24.4 Å². The molecule has 7 heteroatoms. The van der Waals surface area contributed by atoms with Crippen LogP contribution in [-0.2, 0) is 9.59 Å². The number of nitrogens with one attached hydrogen (secondary N) is 1. The molecule has 0 saturated heterocycles. The molecule has 2 aromatic heterocycles. The summed E-state index contributed by atoms with van der Waals surface area (Å²) in [4.78, 5) is 26.0. The smallest absolute Gasteiger partial charge is 0.247 e. The van der Waals surface area contributed by atoms with Gasteiger partial charge in [0.2, 0.25) is 11.8 Å². The molecule has 2 aromatic rings. The Hall–Kier alpha value is -2.57. The minimum absolute atomic E-state index is 0.00926. The Morgan fingerprint density at radius 3 is 2.62 bits per heavy atom. The first-order chi connectivity index (χ1) is 11.3. The molecule has 2 rings (SSSR count). The topological polar surface area (TPSA) is 80.4 Å². The van der Waals surface area contributed by atoms with Crippen LogP contribution in [0.4, 0.5) is 0 Å². The number of carbonyl (C=O) groups is 2. The first-order valence-corrected chi connectivity index (χ1v) is 7.90. The second-order valence-electron chi connectivity index (χ2n) is 6.01. The van der Waals surface area contributed by atoms with E-state index in [0.717, 1.165) is 17.1 Å². The summed E-state index contributed by atoms with van der Waals surface area (Å²) >= 11 is 0. The molecule has 0 bridgehead atoms. The van der Waals surface area contributed by atoms with Crippen molar-refractivity contribution in [1.82, 2.24) is 20.0 Å². The van der Waals surface area contributed by atoms with E-state index in [1.807, 2.05) is 26.8 Å². The minimum Gasteiger partial charge on any atom is -0.466 e. The number of furan rings is 1. The van der Waals surface area contributed by atoms with Gasteiger partial charge in [-0.2, -0.15) is 5.10 Å². The average molecular weight is 332 g/mol. The van der Waals surface area contributed by atoms with E-state index in [9.17, 15) is 9.59 Å². The van der Waals surface area contributed by atoms with Crippen molar-refractivity contribution in [2.75, 3.05) is 13.6 Å². The molecule has 0 radical (unpaired) electrons. The lowest BCUT2D eigenvalue weighted by Gasteiger charge is -2.22. The van der Waals surface area contributed by atoms with Crippen LogP contribution in [0.3, 0.4) is 0 Å². The summed E-state index contributed by atoms with van der Waals surface area (Å²) in [7, 11) is 1.61. The Labute approximate surface area is 141 Å². The molecule has 130 valence electrons. The molecule has 2 heterocycles. The molecule has 7 nitrogen and oxygen atoms in total. The predicted molar refractivity (Wildman–Crippen MR) is 89.3 cm³/mol. The summed E-state index contributed by atoms with van der Waals surface area (Å²) in [5, 5.41) is 6.95. The third-order valence-corrected chi connectivity index (χ3v) is 3.96. The van der Waals surface area contributed by atoms with Gasteiger partial charge in [0.05, 0.1) is 12.6 Å². The van der Waals surface area contributed by atoms with Gasteiger partial charge in [-0.3, -0.25) is 14.3 Å². The van der Waals surface area contributed by atoms with Crippen molar-refractivity contribution in [2.24, 2.45) is 0 Å². The van der Waals surface area contributed by atoms with Gasteiger partial charge in [0, 0.05) is 25.0 Å². The summed E-state index contributed by atoms with van der Waals surface area (Å²) in [5.41, 5.74) is 0.944. The maximum atomic E-state index is 12.4. The summed E-state index contributed by atoms with van der Waals surface area (Å²) in [6.07, 6.45) is 3.34. The van der Waals surface area contributed by atoms with Crippen molar-refractivity contribution >= 4 is 11.8 Å². The van der Waals surface area contributed by atoms with Gasteiger partial charge in [0.25, 0.3) is 0 Å². The molecule has 1 N–H and O–H groups in total.